The van der Waals surface area contributed by atoms with Crippen LogP contribution in [0, 0.1) is 0 Å². The zero-order valence-electron chi connectivity index (χ0n) is 20.8. The minimum atomic E-state index is -1.35. The SMILES string of the molecule is CCCCNC(=O)C(c1ccccc1O)N(C(=O)C(CO)NC(=O)OC(C)(C)C)C(C)(C)C. The molecule has 0 fully saturated rings. The number of phenolic OH excluding ortho intramolecular Hbond substituents is 1. The molecule has 0 spiro atoms. The summed E-state index contributed by atoms with van der Waals surface area (Å²) in [5, 5.41) is 25.6. The molecule has 0 saturated carbocycles. The molecule has 4 N–H and O–H groups in total. The van der Waals surface area contributed by atoms with Crippen LogP contribution in [-0.4, -0.2) is 63.4 Å². The quantitative estimate of drug-likeness (QED) is 0.415. The van der Waals surface area contributed by atoms with Crippen molar-refractivity contribution in [3.63, 3.8) is 0 Å². The lowest BCUT2D eigenvalue weighted by molar-refractivity contribution is -0.149. The first kappa shape index (κ1) is 28.2. The number of amides is 3. The van der Waals surface area contributed by atoms with Crippen LogP contribution in [0.2, 0.25) is 0 Å². The van der Waals surface area contributed by atoms with Crippen LogP contribution >= 0.6 is 0 Å². The highest BCUT2D eigenvalue weighted by Crippen LogP contribution is 2.34. The number of aliphatic hydroxyl groups is 1. The lowest BCUT2D eigenvalue weighted by atomic mass is 9.95. The van der Waals surface area contributed by atoms with E-state index < -0.39 is 47.7 Å². The number of nitrogens with one attached hydrogen (secondary N) is 2. The Hall–Kier alpha value is -2.81. The summed E-state index contributed by atoms with van der Waals surface area (Å²) in [7, 11) is 0. The molecule has 1 aromatic carbocycles. The van der Waals surface area contributed by atoms with Gasteiger partial charge in [-0.3, -0.25) is 9.59 Å². The maximum absolute atomic E-state index is 13.6. The number of carbonyl (C=O) groups excluding carboxylic acids is 3. The van der Waals surface area contributed by atoms with E-state index in [9.17, 15) is 24.6 Å². The number of benzene rings is 1. The third kappa shape index (κ3) is 8.57. The molecule has 1 aromatic rings. The number of unbranched alkanes of at least 4 members (excludes halogenated alkanes) is 1. The van der Waals surface area contributed by atoms with Crippen LogP contribution in [0.4, 0.5) is 4.79 Å². The van der Waals surface area contributed by atoms with E-state index in [1.807, 2.05) is 6.92 Å². The van der Waals surface area contributed by atoms with Gasteiger partial charge in [-0.15, -0.1) is 0 Å². The molecule has 0 aliphatic rings. The number of phenols is 1. The number of alkyl carbamates (subject to hydrolysis) is 1. The summed E-state index contributed by atoms with van der Waals surface area (Å²) in [6.07, 6.45) is 0.758. The Morgan fingerprint density at radius 1 is 1.09 bits per heavy atom. The van der Waals surface area contributed by atoms with Crippen LogP contribution in [0.5, 0.6) is 5.75 Å². The molecular weight excluding hydrogens is 426 g/mol. The second-order valence-corrected chi connectivity index (χ2v) is 9.87. The van der Waals surface area contributed by atoms with Crippen molar-refractivity contribution in [1.82, 2.24) is 15.5 Å². The first-order valence-corrected chi connectivity index (χ1v) is 11.2. The Morgan fingerprint density at radius 3 is 2.18 bits per heavy atom. The summed E-state index contributed by atoms with van der Waals surface area (Å²) in [4.78, 5) is 40.5. The second kappa shape index (κ2) is 11.9. The van der Waals surface area contributed by atoms with Gasteiger partial charge in [-0.2, -0.15) is 0 Å². The summed E-state index contributed by atoms with van der Waals surface area (Å²) in [5.41, 5.74) is -1.47. The van der Waals surface area contributed by atoms with Crippen molar-refractivity contribution in [2.24, 2.45) is 0 Å². The molecule has 0 aliphatic heterocycles. The molecule has 0 aliphatic carbocycles. The normalized spacial score (nSPS) is 13.6. The minimum Gasteiger partial charge on any atom is -0.508 e. The van der Waals surface area contributed by atoms with E-state index in [1.165, 1.54) is 11.0 Å². The van der Waals surface area contributed by atoms with E-state index in [0.717, 1.165) is 12.8 Å². The molecule has 1 rings (SSSR count). The lowest BCUT2D eigenvalue weighted by Gasteiger charge is -2.42. The van der Waals surface area contributed by atoms with E-state index in [4.69, 9.17) is 4.74 Å². The van der Waals surface area contributed by atoms with Gasteiger partial charge in [0.05, 0.1) is 6.61 Å². The van der Waals surface area contributed by atoms with Crippen molar-refractivity contribution in [2.45, 2.75) is 84.5 Å². The van der Waals surface area contributed by atoms with Gasteiger partial charge in [0, 0.05) is 17.6 Å². The first-order chi connectivity index (χ1) is 15.2. The highest BCUT2D eigenvalue weighted by atomic mass is 16.6. The number of para-hydroxylation sites is 1. The fraction of sp³-hybridized carbons (Fsp3) is 0.625. The van der Waals surface area contributed by atoms with Gasteiger partial charge in [-0.05, 0) is 54.0 Å². The van der Waals surface area contributed by atoms with Crippen LogP contribution < -0.4 is 10.6 Å². The third-order valence-corrected chi connectivity index (χ3v) is 4.70. The first-order valence-electron chi connectivity index (χ1n) is 11.2. The highest BCUT2D eigenvalue weighted by molar-refractivity contribution is 5.93. The van der Waals surface area contributed by atoms with Crippen LogP contribution in [0.15, 0.2) is 24.3 Å². The van der Waals surface area contributed by atoms with E-state index in [2.05, 4.69) is 10.6 Å². The number of aromatic hydroxyl groups is 1. The second-order valence-electron chi connectivity index (χ2n) is 9.87. The average molecular weight is 466 g/mol. The van der Waals surface area contributed by atoms with Crippen molar-refractivity contribution in [1.29, 1.82) is 0 Å². The van der Waals surface area contributed by atoms with Crippen LogP contribution in [0.25, 0.3) is 0 Å². The third-order valence-electron chi connectivity index (χ3n) is 4.70. The van der Waals surface area contributed by atoms with Crippen molar-refractivity contribution in [3.8, 4) is 5.75 Å². The topological polar surface area (TPSA) is 128 Å². The number of nitrogens with zero attached hydrogens (tertiary/aromatic N) is 1. The summed E-state index contributed by atoms with van der Waals surface area (Å²) in [6, 6.07) is 3.75. The van der Waals surface area contributed by atoms with Gasteiger partial charge in [0.25, 0.3) is 0 Å². The van der Waals surface area contributed by atoms with Crippen molar-refractivity contribution >= 4 is 17.9 Å². The number of hydrogen-bond donors (Lipinski definition) is 4. The lowest BCUT2D eigenvalue weighted by Crippen LogP contribution is -2.59. The van der Waals surface area contributed by atoms with E-state index in [-0.39, 0.29) is 11.3 Å². The summed E-state index contributed by atoms with van der Waals surface area (Å²) >= 11 is 0. The van der Waals surface area contributed by atoms with E-state index in [1.54, 1.807) is 59.7 Å². The summed E-state index contributed by atoms with van der Waals surface area (Å²) in [6.45, 7) is 11.9. The molecule has 186 valence electrons. The molecule has 0 aromatic heterocycles. The maximum Gasteiger partial charge on any atom is 0.408 e. The monoisotopic (exact) mass is 465 g/mol. The maximum atomic E-state index is 13.6. The molecule has 2 atom stereocenters. The molecule has 0 saturated heterocycles. The zero-order chi connectivity index (χ0) is 25.4. The Labute approximate surface area is 196 Å². The predicted molar refractivity (Wildman–Crippen MR) is 126 cm³/mol. The van der Waals surface area contributed by atoms with Crippen LogP contribution in [0.1, 0.15) is 72.9 Å². The van der Waals surface area contributed by atoms with Gasteiger partial charge in [0.15, 0.2) is 0 Å². The number of ether oxygens (including phenoxy) is 1. The molecule has 0 radical (unpaired) electrons. The largest absolute Gasteiger partial charge is 0.508 e. The predicted octanol–water partition coefficient (Wildman–Crippen LogP) is 2.86. The molecule has 0 bridgehead atoms. The van der Waals surface area contributed by atoms with Crippen molar-refractivity contribution < 1.29 is 29.3 Å². The smallest absolute Gasteiger partial charge is 0.408 e. The summed E-state index contributed by atoms with van der Waals surface area (Å²) in [5.74, 6) is -1.30. The Bertz CT molecular complexity index is 813. The fourth-order valence-corrected chi connectivity index (χ4v) is 3.25. The number of rotatable bonds is 9. The van der Waals surface area contributed by atoms with Gasteiger partial charge < -0.3 is 30.5 Å². The molecule has 9 nitrogen and oxygen atoms in total. The van der Waals surface area contributed by atoms with Gasteiger partial charge in [0.2, 0.25) is 11.8 Å². The van der Waals surface area contributed by atoms with Crippen LogP contribution in [-0.2, 0) is 14.3 Å². The molecule has 33 heavy (non-hydrogen) atoms. The standard InChI is InChI=1S/C24H39N3O6/c1-8-9-14-25-20(30)19(16-12-10-11-13-18(16)29)27(23(2,3)4)21(31)17(15-28)26-22(32)33-24(5,6)7/h10-13,17,19,28-29H,8-9,14-15H2,1-7H3,(H,25,30)(H,26,32). The molecule has 9 heteroatoms. The highest BCUT2D eigenvalue weighted by Gasteiger charge is 2.42. The van der Waals surface area contributed by atoms with Gasteiger partial charge in [-0.25, -0.2) is 4.79 Å². The van der Waals surface area contributed by atoms with Gasteiger partial charge in [0.1, 0.15) is 23.4 Å². The van der Waals surface area contributed by atoms with Gasteiger partial charge in [-0.1, -0.05) is 31.5 Å². The van der Waals surface area contributed by atoms with Crippen LogP contribution in [0.3, 0.4) is 0 Å². The number of carbonyl (C=O) groups is 3. The molecule has 0 heterocycles. The Balaban J connectivity index is 3.42. The van der Waals surface area contributed by atoms with Gasteiger partial charge >= 0.3 is 6.09 Å². The Morgan fingerprint density at radius 2 is 1.70 bits per heavy atom. The van der Waals surface area contributed by atoms with Crippen molar-refractivity contribution in [3.05, 3.63) is 29.8 Å². The average Bonchev–Trinajstić information content (AvgIpc) is 2.68. The fourth-order valence-electron chi connectivity index (χ4n) is 3.25. The molecule has 3 amide bonds. The zero-order valence-corrected chi connectivity index (χ0v) is 20.8. The molecule has 2 unspecified atom stereocenters. The van der Waals surface area contributed by atoms with E-state index >= 15 is 0 Å². The summed E-state index contributed by atoms with van der Waals surface area (Å²) < 4.78 is 5.21. The number of aliphatic hydroxyl groups excluding tert-OH is 1. The van der Waals surface area contributed by atoms with Crippen molar-refractivity contribution in [2.75, 3.05) is 13.2 Å². The number of hydrogen-bond acceptors (Lipinski definition) is 6. The van der Waals surface area contributed by atoms with E-state index in [0.29, 0.717) is 6.54 Å². The minimum absolute atomic E-state index is 0.143. The Kier molecular flexibility index (Phi) is 10.2. The molecular formula is C24H39N3O6.